The van der Waals surface area contributed by atoms with Gasteiger partial charge in [-0.2, -0.15) is 5.10 Å². The SMILES string of the molecule is CCOC(=O)C(=NNc1ccc([N+](=O)[O-])cc1)NN=C(C)c1ccc2c(c1)Nc1ccccc1S2. The van der Waals surface area contributed by atoms with Gasteiger partial charge in [-0.15, -0.1) is 5.10 Å². The van der Waals surface area contributed by atoms with Crippen LogP contribution in [-0.2, 0) is 9.53 Å². The third kappa shape index (κ3) is 5.76. The smallest absolute Gasteiger partial charge is 0.377 e. The predicted molar refractivity (Wildman–Crippen MR) is 136 cm³/mol. The molecule has 1 aliphatic rings. The molecule has 35 heavy (non-hydrogen) atoms. The van der Waals surface area contributed by atoms with Crippen LogP contribution in [-0.4, -0.2) is 29.0 Å². The van der Waals surface area contributed by atoms with E-state index in [1.54, 1.807) is 18.7 Å². The second-order valence-electron chi connectivity index (χ2n) is 7.34. The molecule has 3 aromatic rings. The monoisotopic (exact) mass is 490 g/mol. The van der Waals surface area contributed by atoms with Crippen LogP contribution in [0.3, 0.4) is 0 Å². The van der Waals surface area contributed by atoms with Crippen molar-refractivity contribution in [2.75, 3.05) is 17.3 Å². The molecule has 178 valence electrons. The number of nitro benzene ring substituents is 1. The summed E-state index contributed by atoms with van der Waals surface area (Å²) in [7, 11) is 0. The van der Waals surface area contributed by atoms with Gasteiger partial charge in [0, 0.05) is 21.9 Å². The zero-order valence-electron chi connectivity index (χ0n) is 18.9. The molecule has 0 saturated heterocycles. The molecule has 4 rings (SSSR count). The van der Waals surface area contributed by atoms with Crippen LogP contribution >= 0.6 is 11.8 Å². The number of hydrogen-bond donors (Lipinski definition) is 3. The molecule has 0 saturated carbocycles. The average molecular weight is 491 g/mol. The maximum atomic E-state index is 12.3. The molecule has 0 aliphatic carbocycles. The number of ether oxygens (including phenoxy) is 1. The van der Waals surface area contributed by atoms with Gasteiger partial charge < -0.3 is 10.1 Å². The topological polar surface area (TPSA) is 130 Å². The number of anilines is 3. The lowest BCUT2D eigenvalue weighted by Crippen LogP contribution is -2.31. The van der Waals surface area contributed by atoms with Gasteiger partial charge in [-0.05, 0) is 55.8 Å². The number of fused-ring (bicyclic) bond motifs is 2. The molecule has 10 nitrogen and oxygen atoms in total. The van der Waals surface area contributed by atoms with E-state index >= 15 is 0 Å². The summed E-state index contributed by atoms with van der Waals surface area (Å²) in [4.78, 5) is 24.9. The van der Waals surface area contributed by atoms with E-state index in [-0.39, 0.29) is 18.1 Å². The van der Waals surface area contributed by atoms with Crippen LogP contribution in [0.25, 0.3) is 0 Å². The second-order valence-corrected chi connectivity index (χ2v) is 8.42. The van der Waals surface area contributed by atoms with Crippen LogP contribution in [0, 0.1) is 10.1 Å². The predicted octanol–water partition coefficient (Wildman–Crippen LogP) is 5.11. The zero-order chi connectivity index (χ0) is 24.8. The number of carbonyl (C=O) groups excluding carboxylic acids is 1. The highest BCUT2D eigenvalue weighted by molar-refractivity contribution is 7.99. The molecular weight excluding hydrogens is 468 g/mol. The van der Waals surface area contributed by atoms with Crippen molar-refractivity contribution in [2.24, 2.45) is 10.2 Å². The first-order valence-corrected chi connectivity index (χ1v) is 11.5. The number of nitrogens with zero attached hydrogens (tertiary/aromatic N) is 3. The molecule has 0 spiro atoms. The standard InChI is InChI=1S/C24H22N6O4S/c1-3-34-24(31)23(29-27-17-9-11-18(12-10-17)30(32)33)28-26-15(2)16-8-13-22-20(14-16)25-19-6-4-5-7-21(19)35-22/h4-14,25,27H,3H2,1-2H3,(H,28,29). The van der Waals surface area contributed by atoms with Gasteiger partial charge in [-0.3, -0.25) is 21.0 Å². The van der Waals surface area contributed by atoms with Gasteiger partial charge in [0.1, 0.15) is 0 Å². The number of non-ortho nitro benzene ring substituents is 1. The van der Waals surface area contributed by atoms with Gasteiger partial charge in [-0.1, -0.05) is 30.0 Å². The molecule has 0 radical (unpaired) electrons. The Morgan fingerprint density at radius 2 is 1.80 bits per heavy atom. The maximum absolute atomic E-state index is 12.3. The van der Waals surface area contributed by atoms with Crippen molar-refractivity contribution in [3.05, 3.63) is 82.4 Å². The normalized spacial score (nSPS) is 12.6. The number of carbonyl (C=O) groups is 1. The van der Waals surface area contributed by atoms with E-state index in [9.17, 15) is 14.9 Å². The van der Waals surface area contributed by atoms with E-state index in [1.165, 1.54) is 24.3 Å². The van der Waals surface area contributed by atoms with Crippen LogP contribution in [0.4, 0.5) is 22.7 Å². The number of amidine groups is 1. The summed E-state index contributed by atoms with van der Waals surface area (Å²) in [6.07, 6.45) is 0. The summed E-state index contributed by atoms with van der Waals surface area (Å²) in [5, 5.41) is 22.6. The van der Waals surface area contributed by atoms with Crippen molar-refractivity contribution < 1.29 is 14.5 Å². The lowest BCUT2D eigenvalue weighted by molar-refractivity contribution is -0.384. The summed E-state index contributed by atoms with van der Waals surface area (Å²) in [5.74, 6) is -0.858. The molecule has 3 aromatic carbocycles. The Bertz CT molecular complexity index is 1320. The number of hydrogen-bond acceptors (Lipinski definition) is 9. The lowest BCUT2D eigenvalue weighted by atomic mass is 10.1. The number of nitro groups is 1. The Hall–Kier alpha value is -4.38. The molecule has 0 bridgehead atoms. The summed E-state index contributed by atoms with van der Waals surface area (Å²) >= 11 is 1.69. The molecule has 1 aliphatic heterocycles. The fourth-order valence-electron chi connectivity index (χ4n) is 3.16. The molecular formula is C24H22N6O4S. The minimum Gasteiger partial charge on any atom is -0.460 e. The average Bonchev–Trinajstić information content (AvgIpc) is 2.87. The van der Waals surface area contributed by atoms with Crippen LogP contribution < -0.4 is 16.2 Å². The van der Waals surface area contributed by atoms with Crippen molar-refractivity contribution in [2.45, 2.75) is 23.6 Å². The van der Waals surface area contributed by atoms with Crippen molar-refractivity contribution in [1.29, 1.82) is 0 Å². The van der Waals surface area contributed by atoms with E-state index in [2.05, 4.69) is 32.4 Å². The number of benzene rings is 3. The van der Waals surface area contributed by atoms with Crippen molar-refractivity contribution in [3.63, 3.8) is 0 Å². The Kier molecular flexibility index (Phi) is 7.27. The first-order valence-electron chi connectivity index (χ1n) is 10.7. The van der Waals surface area contributed by atoms with Gasteiger partial charge >= 0.3 is 5.97 Å². The van der Waals surface area contributed by atoms with Crippen LogP contribution in [0.1, 0.15) is 19.4 Å². The Labute approximate surface area is 205 Å². The maximum Gasteiger partial charge on any atom is 0.377 e. The largest absolute Gasteiger partial charge is 0.460 e. The first-order chi connectivity index (χ1) is 16.9. The molecule has 0 atom stereocenters. The molecule has 0 aromatic heterocycles. The molecule has 0 amide bonds. The molecule has 0 unspecified atom stereocenters. The van der Waals surface area contributed by atoms with Crippen molar-refractivity contribution in [3.8, 4) is 0 Å². The highest BCUT2D eigenvalue weighted by Crippen LogP contribution is 2.44. The number of nitrogens with one attached hydrogen (secondary N) is 3. The van der Waals surface area contributed by atoms with Crippen LogP contribution in [0.5, 0.6) is 0 Å². The molecule has 0 fully saturated rings. The van der Waals surface area contributed by atoms with E-state index in [1.807, 2.05) is 43.3 Å². The number of para-hydroxylation sites is 1. The van der Waals surface area contributed by atoms with Crippen LogP contribution in [0.15, 0.2) is 86.7 Å². The summed E-state index contributed by atoms with van der Waals surface area (Å²) in [5.41, 5.74) is 9.26. The van der Waals surface area contributed by atoms with Gasteiger partial charge in [0.2, 0.25) is 0 Å². The Morgan fingerprint density at radius 1 is 1.06 bits per heavy atom. The third-order valence-corrected chi connectivity index (χ3v) is 6.10. The van der Waals surface area contributed by atoms with Gasteiger partial charge in [0.15, 0.2) is 0 Å². The van der Waals surface area contributed by atoms with Crippen LogP contribution in [0.2, 0.25) is 0 Å². The molecule has 3 N–H and O–H groups in total. The first kappa shape index (κ1) is 23.8. The Morgan fingerprint density at radius 3 is 2.54 bits per heavy atom. The summed E-state index contributed by atoms with van der Waals surface area (Å²) in [6.45, 7) is 3.66. The summed E-state index contributed by atoms with van der Waals surface area (Å²) in [6, 6.07) is 19.7. The number of esters is 1. The van der Waals surface area contributed by atoms with Gasteiger partial charge in [0.05, 0.1) is 34.3 Å². The molecule has 11 heteroatoms. The van der Waals surface area contributed by atoms with Gasteiger partial charge in [0.25, 0.3) is 11.5 Å². The second kappa shape index (κ2) is 10.7. The minimum absolute atomic E-state index is 0.0510. The Balaban J connectivity index is 1.50. The van der Waals surface area contributed by atoms with E-state index in [0.717, 1.165) is 26.7 Å². The van der Waals surface area contributed by atoms with E-state index < -0.39 is 10.9 Å². The fourth-order valence-corrected chi connectivity index (χ4v) is 4.13. The van der Waals surface area contributed by atoms with E-state index in [0.29, 0.717) is 11.4 Å². The highest BCUT2D eigenvalue weighted by Gasteiger charge is 2.17. The quantitative estimate of drug-likeness (QED) is 0.112. The van der Waals surface area contributed by atoms with Gasteiger partial charge in [-0.25, -0.2) is 4.79 Å². The fraction of sp³-hybridized carbons (Fsp3) is 0.125. The lowest BCUT2D eigenvalue weighted by Gasteiger charge is -2.21. The van der Waals surface area contributed by atoms with E-state index in [4.69, 9.17) is 4.74 Å². The van der Waals surface area contributed by atoms with Crippen molar-refractivity contribution >= 4 is 52.0 Å². The third-order valence-electron chi connectivity index (χ3n) is 4.95. The summed E-state index contributed by atoms with van der Waals surface area (Å²) < 4.78 is 5.05. The minimum atomic E-state index is -0.696. The van der Waals surface area contributed by atoms with Crippen molar-refractivity contribution in [1.82, 2.24) is 5.43 Å². The highest BCUT2D eigenvalue weighted by atomic mass is 32.2. The number of rotatable bonds is 6. The number of hydrazone groups is 2. The molecule has 1 heterocycles. The zero-order valence-corrected chi connectivity index (χ0v) is 19.8.